The lowest BCUT2D eigenvalue weighted by molar-refractivity contribution is 0.601. The molecule has 2 heterocycles. The quantitative estimate of drug-likeness (QED) is 0.179. The molecule has 2 aromatic heterocycles. The molecule has 0 fully saturated rings. The predicted octanol–water partition coefficient (Wildman–Crippen LogP) is 12.0. The fourth-order valence-electron chi connectivity index (χ4n) is 6.36. The third-order valence-electron chi connectivity index (χ3n) is 8.68. The lowest BCUT2D eigenvalue weighted by Gasteiger charge is -2.06. The molecular weight excluding hydrogens is 548 g/mol. The number of rotatable bonds is 8. The van der Waals surface area contributed by atoms with E-state index in [-0.39, 0.29) is 0 Å². The molecule has 0 atom stereocenters. The van der Waals surface area contributed by atoms with Gasteiger partial charge in [-0.05, 0) is 30.4 Å². The van der Waals surface area contributed by atoms with Crippen LogP contribution in [0.3, 0.4) is 0 Å². The number of hydrogen-bond acceptors (Lipinski definition) is 2. The Hall–Kier alpha value is -5.60. The van der Waals surface area contributed by atoms with Crippen molar-refractivity contribution in [3.8, 4) is 45.3 Å². The first-order chi connectivity index (χ1) is 22.3. The lowest BCUT2D eigenvalue weighted by atomic mass is 10.00. The fourth-order valence-corrected chi connectivity index (χ4v) is 6.36. The molecule has 2 heteroatoms. The molecule has 0 aliphatic heterocycles. The Morgan fingerprint density at radius 3 is 0.911 bits per heavy atom. The molecule has 0 saturated heterocycles. The summed E-state index contributed by atoms with van der Waals surface area (Å²) in [4.78, 5) is 0. The van der Waals surface area contributed by atoms with E-state index in [4.69, 9.17) is 8.83 Å². The van der Waals surface area contributed by atoms with E-state index in [1.165, 1.54) is 11.1 Å². The molecule has 0 saturated carbocycles. The van der Waals surface area contributed by atoms with Gasteiger partial charge >= 0.3 is 0 Å². The van der Waals surface area contributed by atoms with Gasteiger partial charge in [0, 0.05) is 43.8 Å². The number of benzene rings is 6. The maximum atomic E-state index is 6.50. The molecule has 0 radical (unpaired) electrons. The van der Waals surface area contributed by atoms with E-state index >= 15 is 0 Å². The Kier molecular flexibility index (Phi) is 7.09. The minimum absolute atomic E-state index is 0.924. The standard InChI is InChI=1S/C43H32O2/c1-3-14-32(15-4-1)40-36-18-7-9-20-38(36)42(44-40)34-26-22-30(23-27-34)12-11-13-31-24-28-35(29-25-31)43-39-21-10-8-19-37(39)41(45-43)33-16-5-2-6-17-33/h1-10,14-29H,11-13H2. The van der Waals surface area contributed by atoms with Crippen LogP contribution in [0.4, 0.5) is 0 Å². The van der Waals surface area contributed by atoms with Gasteiger partial charge in [-0.2, -0.15) is 0 Å². The molecule has 8 rings (SSSR count). The van der Waals surface area contributed by atoms with Crippen molar-refractivity contribution in [2.24, 2.45) is 0 Å². The van der Waals surface area contributed by atoms with Crippen LogP contribution in [-0.2, 0) is 12.8 Å². The molecule has 6 aromatic carbocycles. The Labute approximate surface area is 263 Å². The Bertz CT molecular complexity index is 2040. The van der Waals surface area contributed by atoms with Gasteiger partial charge in [0.2, 0.25) is 0 Å². The van der Waals surface area contributed by atoms with E-state index in [0.29, 0.717) is 0 Å². The Balaban J connectivity index is 0.960. The monoisotopic (exact) mass is 580 g/mol. The summed E-state index contributed by atoms with van der Waals surface area (Å²) in [6, 6.07) is 55.3. The van der Waals surface area contributed by atoms with Crippen LogP contribution in [0, 0.1) is 0 Å². The maximum absolute atomic E-state index is 6.50. The average molecular weight is 581 g/mol. The molecule has 0 aliphatic carbocycles. The second-order valence-corrected chi connectivity index (χ2v) is 11.6. The topological polar surface area (TPSA) is 26.3 Å². The van der Waals surface area contributed by atoms with Crippen molar-refractivity contribution in [1.82, 2.24) is 0 Å². The van der Waals surface area contributed by atoms with Crippen LogP contribution in [0.5, 0.6) is 0 Å². The molecule has 0 bridgehead atoms. The minimum atomic E-state index is 0.924. The second-order valence-electron chi connectivity index (χ2n) is 11.6. The maximum Gasteiger partial charge on any atom is 0.142 e. The molecule has 2 nitrogen and oxygen atoms in total. The van der Waals surface area contributed by atoms with Gasteiger partial charge in [0.25, 0.3) is 0 Å². The van der Waals surface area contributed by atoms with E-state index in [9.17, 15) is 0 Å². The van der Waals surface area contributed by atoms with Crippen molar-refractivity contribution in [2.45, 2.75) is 19.3 Å². The summed E-state index contributed by atoms with van der Waals surface area (Å²) in [5.41, 5.74) is 7.08. The zero-order chi connectivity index (χ0) is 30.0. The molecule has 0 N–H and O–H groups in total. The first-order valence-electron chi connectivity index (χ1n) is 15.6. The summed E-state index contributed by atoms with van der Waals surface area (Å²) in [5.74, 6) is 3.70. The highest BCUT2D eigenvalue weighted by Gasteiger charge is 2.17. The van der Waals surface area contributed by atoms with Gasteiger partial charge in [-0.15, -0.1) is 0 Å². The largest absolute Gasteiger partial charge is 0.455 e. The van der Waals surface area contributed by atoms with Gasteiger partial charge in [-0.1, -0.05) is 158 Å². The normalized spacial score (nSPS) is 11.4. The fraction of sp³-hybridized carbons (Fsp3) is 0.0698. The van der Waals surface area contributed by atoms with E-state index in [1.807, 2.05) is 12.1 Å². The zero-order valence-corrected chi connectivity index (χ0v) is 24.9. The van der Waals surface area contributed by atoms with Crippen molar-refractivity contribution >= 4 is 21.5 Å². The summed E-state index contributed by atoms with van der Waals surface area (Å²) < 4.78 is 13.0. The van der Waals surface area contributed by atoms with E-state index in [2.05, 4.69) is 146 Å². The molecule has 0 unspecified atom stereocenters. The first kappa shape index (κ1) is 27.0. The van der Waals surface area contributed by atoms with Crippen LogP contribution >= 0.6 is 0 Å². The third kappa shape index (κ3) is 5.25. The highest BCUT2D eigenvalue weighted by molar-refractivity contribution is 6.03. The van der Waals surface area contributed by atoms with Gasteiger partial charge < -0.3 is 8.83 Å². The SMILES string of the molecule is c1ccc(-c2oc(-c3ccc(CCCc4ccc(-c5oc(-c6ccccc6)c6ccccc56)cc4)cc3)c3ccccc23)cc1. The Morgan fingerprint density at radius 1 is 0.289 bits per heavy atom. The number of furan rings is 2. The molecule has 0 amide bonds. The summed E-state index contributed by atoms with van der Waals surface area (Å²) in [7, 11) is 0. The molecule has 0 spiro atoms. The van der Waals surface area contributed by atoms with Gasteiger partial charge in [-0.3, -0.25) is 0 Å². The van der Waals surface area contributed by atoms with Crippen molar-refractivity contribution < 1.29 is 8.83 Å². The van der Waals surface area contributed by atoms with Gasteiger partial charge in [0.05, 0.1) is 0 Å². The first-order valence-corrected chi connectivity index (χ1v) is 15.6. The summed E-state index contributed by atoms with van der Waals surface area (Å²) >= 11 is 0. The smallest absolute Gasteiger partial charge is 0.142 e. The summed E-state index contributed by atoms with van der Waals surface area (Å²) in [5, 5.41) is 4.58. The van der Waals surface area contributed by atoms with Crippen LogP contribution < -0.4 is 0 Å². The molecule has 45 heavy (non-hydrogen) atoms. The molecular formula is C43H32O2. The van der Waals surface area contributed by atoms with Crippen molar-refractivity contribution in [1.29, 1.82) is 0 Å². The second kappa shape index (κ2) is 11.8. The van der Waals surface area contributed by atoms with E-state index in [1.54, 1.807) is 0 Å². The van der Waals surface area contributed by atoms with Crippen LogP contribution in [-0.4, -0.2) is 0 Å². The van der Waals surface area contributed by atoms with Crippen LogP contribution in [0.1, 0.15) is 17.5 Å². The molecule has 0 aliphatic rings. The number of hydrogen-bond donors (Lipinski definition) is 0. The number of aryl methyl sites for hydroxylation is 2. The van der Waals surface area contributed by atoms with Crippen LogP contribution in [0.25, 0.3) is 66.8 Å². The van der Waals surface area contributed by atoms with Crippen LogP contribution in [0.2, 0.25) is 0 Å². The van der Waals surface area contributed by atoms with E-state index < -0.39 is 0 Å². The summed E-state index contributed by atoms with van der Waals surface area (Å²) in [6.07, 6.45) is 3.14. The summed E-state index contributed by atoms with van der Waals surface area (Å²) in [6.45, 7) is 0. The predicted molar refractivity (Wildman–Crippen MR) is 186 cm³/mol. The van der Waals surface area contributed by atoms with Gasteiger partial charge in [-0.25, -0.2) is 0 Å². The van der Waals surface area contributed by atoms with Crippen molar-refractivity contribution in [3.63, 3.8) is 0 Å². The van der Waals surface area contributed by atoms with Crippen molar-refractivity contribution in [2.75, 3.05) is 0 Å². The number of fused-ring (bicyclic) bond motifs is 2. The van der Waals surface area contributed by atoms with Gasteiger partial charge in [0.15, 0.2) is 0 Å². The van der Waals surface area contributed by atoms with Crippen LogP contribution in [0.15, 0.2) is 167 Å². The Morgan fingerprint density at radius 2 is 0.578 bits per heavy atom. The minimum Gasteiger partial charge on any atom is -0.455 e. The highest BCUT2D eigenvalue weighted by Crippen LogP contribution is 2.40. The van der Waals surface area contributed by atoms with Crippen molar-refractivity contribution in [3.05, 3.63) is 169 Å². The van der Waals surface area contributed by atoms with Gasteiger partial charge in [0.1, 0.15) is 23.0 Å². The third-order valence-corrected chi connectivity index (χ3v) is 8.68. The molecule has 8 aromatic rings. The highest BCUT2D eigenvalue weighted by atomic mass is 16.3. The van der Waals surface area contributed by atoms with E-state index in [0.717, 1.165) is 86.1 Å². The lowest BCUT2D eigenvalue weighted by Crippen LogP contribution is -1.90. The average Bonchev–Trinajstić information content (AvgIpc) is 3.70. The zero-order valence-electron chi connectivity index (χ0n) is 24.9. The molecule has 216 valence electrons.